The fraction of sp³-hybridized carbons (Fsp3) is 0.700. The lowest BCUT2D eigenvalue weighted by Crippen LogP contribution is -2.44. The summed E-state index contributed by atoms with van der Waals surface area (Å²) in [5.41, 5.74) is 1.15. The summed E-state index contributed by atoms with van der Waals surface area (Å²) in [5.74, 6) is 1.71. The molecule has 1 amide bonds. The summed E-state index contributed by atoms with van der Waals surface area (Å²) in [6.45, 7) is 3.94. The standard InChI is InChI=1S/C20H29N3O/c24-20(11-16-5-1-2-6-16)23-13-17-8-9-19(15-23)22(12-17)14-18-7-3-4-10-21-18/h3-4,7,10,16-17,19H,1-2,5-6,8-9,11-15H2/t17-,19-/m1/s1. The van der Waals surface area contributed by atoms with Gasteiger partial charge in [0.05, 0.1) is 5.69 Å². The van der Waals surface area contributed by atoms with Crippen LogP contribution in [0.5, 0.6) is 0 Å². The second-order valence-corrected chi connectivity index (χ2v) is 8.00. The number of hydrogen-bond donors (Lipinski definition) is 0. The lowest BCUT2D eigenvalue weighted by atomic mass is 9.95. The van der Waals surface area contributed by atoms with Crippen molar-refractivity contribution in [3.05, 3.63) is 30.1 Å². The van der Waals surface area contributed by atoms with Crippen LogP contribution in [0, 0.1) is 11.8 Å². The minimum atomic E-state index is 0.415. The molecule has 24 heavy (non-hydrogen) atoms. The molecule has 4 heterocycles. The van der Waals surface area contributed by atoms with Crippen molar-refractivity contribution >= 4 is 5.91 Å². The molecule has 1 aliphatic carbocycles. The third kappa shape index (κ3) is 3.64. The molecule has 0 spiro atoms. The van der Waals surface area contributed by atoms with Gasteiger partial charge in [0, 0.05) is 44.8 Å². The molecule has 2 atom stereocenters. The van der Waals surface area contributed by atoms with Crippen LogP contribution >= 0.6 is 0 Å². The summed E-state index contributed by atoms with van der Waals surface area (Å²) in [6, 6.07) is 6.66. The van der Waals surface area contributed by atoms with Gasteiger partial charge in [-0.25, -0.2) is 0 Å². The fourth-order valence-corrected chi connectivity index (χ4v) is 4.87. The van der Waals surface area contributed by atoms with E-state index in [2.05, 4.69) is 26.9 Å². The van der Waals surface area contributed by atoms with Gasteiger partial charge in [-0.2, -0.15) is 0 Å². The molecule has 3 aliphatic heterocycles. The lowest BCUT2D eigenvalue weighted by molar-refractivity contribution is -0.132. The van der Waals surface area contributed by atoms with Crippen molar-refractivity contribution in [1.82, 2.24) is 14.8 Å². The van der Waals surface area contributed by atoms with E-state index in [1.165, 1.54) is 38.5 Å². The number of piperidine rings is 1. The number of aromatic nitrogens is 1. The van der Waals surface area contributed by atoms with Crippen LogP contribution in [0.2, 0.25) is 0 Å². The first-order valence-corrected chi connectivity index (χ1v) is 9.69. The van der Waals surface area contributed by atoms with Gasteiger partial charge in [-0.1, -0.05) is 18.9 Å². The van der Waals surface area contributed by atoms with Gasteiger partial charge in [0.2, 0.25) is 5.91 Å². The molecule has 0 radical (unpaired) electrons. The molecule has 3 saturated heterocycles. The Bertz CT molecular complexity index is 555. The zero-order valence-corrected chi connectivity index (χ0v) is 14.6. The highest BCUT2D eigenvalue weighted by Gasteiger charge is 2.36. The second-order valence-electron chi connectivity index (χ2n) is 8.00. The fourth-order valence-electron chi connectivity index (χ4n) is 4.87. The Morgan fingerprint density at radius 2 is 1.96 bits per heavy atom. The molecule has 2 bridgehead atoms. The van der Waals surface area contributed by atoms with Crippen molar-refractivity contribution in [1.29, 1.82) is 0 Å². The molecule has 130 valence electrons. The monoisotopic (exact) mass is 327 g/mol. The van der Waals surface area contributed by atoms with Crippen LogP contribution in [-0.2, 0) is 11.3 Å². The van der Waals surface area contributed by atoms with E-state index >= 15 is 0 Å². The summed E-state index contributed by atoms with van der Waals surface area (Å²) in [5, 5.41) is 0. The Morgan fingerprint density at radius 1 is 1.08 bits per heavy atom. The molecular weight excluding hydrogens is 298 g/mol. The second kappa shape index (κ2) is 7.22. The van der Waals surface area contributed by atoms with Gasteiger partial charge in [-0.05, 0) is 49.7 Å². The summed E-state index contributed by atoms with van der Waals surface area (Å²) in [6.07, 6.45) is 10.3. The molecule has 0 aromatic carbocycles. The number of amides is 1. The highest BCUT2D eigenvalue weighted by Crippen LogP contribution is 2.32. The molecule has 4 fully saturated rings. The average molecular weight is 327 g/mol. The van der Waals surface area contributed by atoms with E-state index in [0.717, 1.165) is 38.3 Å². The molecule has 4 aliphatic rings. The first-order valence-electron chi connectivity index (χ1n) is 9.69. The van der Waals surface area contributed by atoms with Crippen molar-refractivity contribution in [2.75, 3.05) is 19.6 Å². The van der Waals surface area contributed by atoms with Gasteiger partial charge < -0.3 is 4.90 Å². The lowest BCUT2D eigenvalue weighted by Gasteiger charge is -2.35. The molecule has 1 aromatic rings. The highest BCUT2D eigenvalue weighted by atomic mass is 16.2. The van der Waals surface area contributed by atoms with Crippen LogP contribution < -0.4 is 0 Å². The van der Waals surface area contributed by atoms with Crippen molar-refractivity contribution in [2.24, 2.45) is 11.8 Å². The maximum Gasteiger partial charge on any atom is 0.222 e. The van der Waals surface area contributed by atoms with Gasteiger partial charge in [-0.15, -0.1) is 0 Å². The third-order valence-electron chi connectivity index (χ3n) is 6.21. The summed E-state index contributed by atoms with van der Waals surface area (Å²) < 4.78 is 0. The van der Waals surface area contributed by atoms with E-state index in [9.17, 15) is 4.79 Å². The van der Waals surface area contributed by atoms with E-state index in [1.807, 2.05) is 12.3 Å². The maximum absolute atomic E-state index is 12.8. The number of fused-ring (bicyclic) bond motifs is 4. The topological polar surface area (TPSA) is 36.4 Å². The van der Waals surface area contributed by atoms with E-state index < -0.39 is 0 Å². The highest BCUT2D eigenvalue weighted by molar-refractivity contribution is 5.76. The quantitative estimate of drug-likeness (QED) is 0.853. The number of hydrogen-bond acceptors (Lipinski definition) is 3. The Balaban J connectivity index is 1.39. The van der Waals surface area contributed by atoms with Crippen molar-refractivity contribution in [3.63, 3.8) is 0 Å². The minimum absolute atomic E-state index is 0.415. The number of carbonyl (C=O) groups excluding carboxylic acids is 1. The number of carbonyl (C=O) groups is 1. The normalized spacial score (nSPS) is 28.2. The predicted molar refractivity (Wildman–Crippen MR) is 94.3 cm³/mol. The molecular formula is C20H29N3O. The van der Waals surface area contributed by atoms with Crippen molar-refractivity contribution in [2.45, 2.75) is 57.5 Å². The van der Waals surface area contributed by atoms with Crippen LogP contribution in [0.1, 0.15) is 50.6 Å². The molecule has 1 saturated carbocycles. The SMILES string of the molecule is O=C(CC1CCCC1)N1C[C@@H]2CC[C@H](C1)N(Cc1ccccn1)C2. The first kappa shape index (κ1) is 16.1. The zero-order valence-electron chi connectivity index (χ0n) is 14.6. The van der Waals surface area contributed by atoms with Gasteiger partial charge in [0.1, 0.15) is 0 Å². The van der Waals surface area contributed by atoms with Gasteiger partial charge in [0.15, 0.2) is 0 Å². The molecule has 0 N–H and O–H groups in total. The Hall–Kier alpha value is -1.42. The largest absolute Gasteiger partial charge is 0.341 e. The van der Waals surface area contributed by atoms with Crippen molar-refractivity contribution < 1.29 is 4.79 Å². The van der Waals surface area contributed by atoms with Crippen molar-refractivity contribution in [3.8, 4) is 0 Å². The average Bonchev–Trinajstić information content (AvgIpc) is 2.93. The van der Waals surface area contributed by atoms with Gasteiger partial charge in [0.25, 0.3) is 0 Å². The Morgan fingerprint density at radius 3 is 2.75 bits per heavy atom. The summed E-state index contributed by atoms with van der Waals surface area (Å²) >= 11 is 0. The van der Waals surface area contributed by atoms with E-state index in [0.29, 0.717) is 23.8 Å². The van der Waals surface area contributed by atoms with E-state index in [1.54, 1.807) is 0 Å². The summed E-state index contributed by atoms with van der Waals surface area (Å²) in [4.78, 5) is 22.0. The minimum Gasteiger partial charge on any atom is -0.341 e. The van der Waals surface area contributed by atoms with Crippen LogP contribution in [0.25, 0.3) is 0 Å². The van der Waals surface area contributed by atoms with Crippen LogP contribution in [-0.4, -0.2) is 46.4 Å². The Kier molecular flexibility index (Phi) is 4.83. The maximum atomic E-state index is 12.8. The molecule has 1 aromatic heterocycles. The smallest absolute Gasteiger partial charge is 0.222 e. The van der Waals surface area contributed by atoms with Crippen LogP contribution in [0.4, 0.5) is 0 Å². The molecule has 5 rings (SSSR count). The number of rotatable bonds is 4. The third-order valence-corrected chi connectivity index (χ3v) is 6.21. The molecule has 4 heteroatoms. The number of pyridine rings is 1. The first-order chi connectivity index (χ1) is 11.8. The molecule has 0 unspecified atom stereocenters. The van der Waals surface area contributed by atoms with Gasteiger partial charge in [-0.3, -0.25) is 14.7 Å². The summed E-state index contributed by atoms with van der Waals surface area (Å²) in [7, 11) is 0. The van der Waals surface area contributed by atoms with Gasteiger partial charge >= 0.3 is 0 Å². The molecule has 4 nitrogen and oxygen atoms in total. The zero-order chi connectivity index (χ0) is 16.4. The van der Waals surface area contributed by atoms with Crippen LogP contribution in [0.15, 0.2) is 24.4 Å². The Labute approximate surface area is 145 Å². The van der Waals surface area contributed by atoms with E-state index in [-0.39, 0.29) is 0 Å². The van der Waals surface area contributed by atoms with E-state index in [4.69, 9.17) is 0 Å². The predicted octanol–water partition coefficient (Wildman–Crippen LogP) is 3.08. The number of nitrogens with zero attached hydrogens (tertiary/aromatic N) is 3. The van der Waals surface area contributed by atoms with Crippen LogP contribution in [0.3, 0.4) is 0 Å².